The second-order valence-electron chi connectivity index (χ2n) is 6.96. The Hall–Kier alpha value is -4.06. The zero-order valence-electron chi connectivity index (χ0n) is 16.1. The van der Waals surface area contributed by atoms with Crippen molar-refractivity contribution in [2.24, 2.45) is 0 Å². The van der Waals surface area contributed by atoms with Crippen molar-refractivity contribution in [2.75, 3.05) is 7.11 Å². The molecule has 5 rings (SSSR count). The molecule has 0 saturated carbocycles. The molecule has 1 atom stereocenters. The molecule has 2 heterocycles. The van der Waals surface area contributed by atoms with E-state index in [1.165, 1.54) is 6.07 Å². The van der Waals surface area contributed by atoms with Crippen molar-refractivity contribution in [2.45, 2.75) is 5.79 Å². The van der Waals surface area contributed by atoms with Crippen LogP contribution >= 0.6 is 0 Å². The van der Waals surface area contributed by atoms with Crippen LogP contribution in [0.25, 0.3) is 17.7 Å². The van der Waals surface area contributed by atoms with Gasteiger partial charge in [0.2, 0.25) is 5.75 Å². The summed E-state index contributed by atoms with van der Waals surface area (Å²) in [6, 6.07) is 20.1. The van der Waals surface area contributed by atoms with Crippen LogP contribution in [0.1, 0.15) is 16.7 Å². The number of hydrogen-bond donors (Lipinski definition) is 0. The van der Waals surface area contributed by atoms with E-state index in [0.717, 1.165) is 16.7 Å². The van der Waals surface area contributed by atoms with Crippen molar-refractivity contribution in [1.29, 1.82) is 0 Å². The standard InChI is InChI=1S/C24H17NO5/c1-28-21-12-6-10-18-15-19(16-7-3-2-4-8-16)24(30-23(18)21)14-13-17-9-5-11-20(25(26)27)22(17)29-24/h2-15H,1H3. The van der Waals surface area contributed by atoms with Gasteiger partial charge >= 0.3 is 5.69 Å². The minimum absolute atomic E-state index is 0.113. The molecule has 148 valence electrons. The van der Waals surface area contributed by atoms with E-state index in [1.807, 2.05) is 48.5 Å². The number of nitrogens with zero attached hydrogens (tertiary/aromatic N) is 1. The molecule has 0 amide bonds. The number of nitro groups is 1. The number of methoxy groups -OCH3 is 1. The second-order valence-corrected chi connectivity index (χ2v) is 6.96. The molecule has 6 nitrogen and oxygen atoms in total. The van der Waals surface area contributed by atoms with E-state index in [-0.39, 0.29) is 11.4 Å². The van der Waals surface area contributed by atoms with Gasteiger partial charge in [0.15, 0.2) is 11.5 Å². The van der Waals surface area contributed by atoms with Crippen LogP contribution < -0.4 is 14.2 Å². The zero-order chi connectivity index (χ0) is 20.7. The van der Waals surface area contributed by atoms with Crippen LogP contribution in [0.2, 0.25) is 0 Å². The summed E-state index contributed by atoms with van der Waals surface area (Å²) in [4.78, 5) is 11.2. The predicted octanol–water partition coefficient (Wildman–Crippen LogP) is 5.34. The summed E-state index contributed by atoms with van der Waals surface area (Å²) < 4.78 is 18.2. The Morgan fingerprint density at radius 2 is 1.63 bits per heavy atom. The van der Waals surface area contributed by atoms with Crippen molar-refractivity contribution in [3.05, 3.63) is 99.6 Å². The van der Waals surface area contributed by atoms with Crippen LogP contribution in [0.4, 0.5) is 5.69 Å². The fraction of sp³-hybridized carbons (Fsp3) is 0.0833. The van der Waals surface area contributed by atoms with Gasteiger partial charge in [-0.25, -0.2) is 0 Å². The normalized spacial score (nSPS) is 18.5. The molecule has 30 heavy (non-hydrogen) atoms. The molecule has 2 aliphatic rings. The number of rotatable bonds is 3. The molecule has 0 fully saturated rings. The minimum Gasteiger partial charge on any atom is -0.493 e. The first kappa shape index (κ1) is 18.0. The van der Waals surface area contributed by atoms with E-state index in [1.54, 1.807) is 37.5 Å². The molecule has 0 aromatic heterocycles. The van der Waals surface area contributed by atoms with Crippen molar-refractivity contribution in [3.8, 4) is 17.2 Å². The van der Waals surface area contributed by atoms with Crippen LogP contribution in [0.5, 0.6) is 17.2 Å². The summed E-state index contributed by atoms with van der Waals surface area (Å²) in [5.74, 6) is -0.126. The summed E-state index contributed by atoms with van der Waals surface area (Å²) in [6.45, 7) is 0. The third-order valence-corrected chi connectivity index (χ3v) is 5.20. The first-order valence-electron chi connectivity index (χ1n) is 9.40. The first-order chi connectivity index (χ1) is 14.6. The van der Waals surface area contributed by atoms with Crippen LogP contribution in [0.3, 0.4) is 0 Å². The van der Waals surface area contributed by atoms with Gasteiger partial charge in [0.1, 0.15) is 0 Å². The summed E-state index contributed by atoms with van der Waals surface area (Å²) in [7, 11) is 1.57. The van der Waals surface area contributed by atoms with Crippen molar-refractivity contribution in [1.82, 2.24) is 0 Å². The van der Waals surface area contributed by atoms with Crippen LogP contribution in [0, 0.1) is 10.1 Å². The molecule has 0 saturated heterocycles. The third-order valence-electron chi connectivity index (χ3n) is 5.20. The van der Waals surface area contributed by atoms with Gasteiger partial charge in [-0.2, -0.15) is 0 Å². The molecule has 1 spiro atoms. The molecular formula is C24H17NO5. The molecular weight excluding hydrogens is 382 g/mol. The van der Waals surface area contributed by atoms with E-state index >= 15 is 0 Å². The third kappa shape index (κ3) is 2.73. The fourth-order valence-corrected chi connectivity index (χ4v) is 3.79. The lowest BCUT2D eigenvalue weighted by molar-refractivity contribution is -0.386. The maximum atomic E-state index is 11.6. The minimum atomic E-state index is -1.37. The molecule has 0 radical (unpaired) electrons. The van der Waals surface area contributed by atoms with Crippen molar-refractivity contribution in [3.63, 3.8) is 0 Å². The lowest BCUT2D eigenvalue weighted by atomic mass is 9.90. The number of fused-ring (bicyclic) bond motifs is 2. The second kappa shape index (κ2) is 6.77. The molecule has 3 aromatic rings. The topological polar surface area (TPSA) is 70.8 Å². The molecule has 0 aliphatic carbocycles. The van der Waals surface area contributed by atoms with Crippen LogP contribution in [-0.4, -0.2) is 17.8 Å². The molecule has 1 unspecified atom stereocenters. The van der Waals surface area contributed by atoms with Gasteiger partial charge in [0, 0.05) is 28.8 Å². The van der Waals surface area contributed by atoms with Crippen molar-refractivity contribution < 1.29 is 19.1 Å². The maximum absolute atomic E-state index is 11.6. The van der Waals surface area contributed by atoms with E-state index < -0.39 is 10.7 Å². The summed E-state index contributed by atoms with van der Waals surface area (Å²) in [5.41, 5.74) is 2.97. The highest BCUT2D eigenvalue weighted by molar-refractivity contribution is 5.92. The van der Waals surface area contributed by atoms with Gasteiger partial charge < -0.3 is 14.2 Å². The lowest BCUT2D eigenvalue weighted by Crippen LogP contribution is -2.44. The van der Waals surface area contributed by atoms with E-state index in [2.05, 4.69) is 0 Å². The van der Waals surface area contributed by atoms with Gasteiger partial charge in [-0.15, -0.1) is 0 Å². The highest BCUT2D eigenvalue weighted by atomic mass is 16.7. The zero-order valence-corrected chi connectivity index (χ0v) is 16.1. The summed E-state index contributed by atoms with van der Waals surface area (Å²) >= 11 is 0. The Balaban J connectivity index is 1.74. The first-order valence-corrected chi connectivity index (χ1v) is 9.40. The average Bonchev–Trinajstić information content (AvgIpc) is 2.78. The fourth-order valence-electron chi connectivity index (χ4n) is 3.79. The molecule has 0 N–H and O–H groups in total. The van der Waals surface area contributed by atoms with Gasteiger partial charge in [0.05, 0.1) is 12.0 Å². The number of benzene rings is 3. The Kier molecular flexibility index (Phi) is 4.06. The van der Waals surface area contributed by atoms with Gasteiger partial charge in [0.25, 0.3) is 5.79 Å². The predicted molar refractivity (Wildman–Crippen MR) is 113 cm³/mol. The van der Waals surface area contributed by atoms with E-state index in [4.69, 9.17) is 14.2 Å². The van der Waals surface area contributed by atoms with Gasteiger partial charge in [-0.05, 0) is 23.8 Å². The molecule has 2 aliphatic heterocycles. The average molecular weight is 399 g/mol. The van der Waals surface area contributed by atoms with E-state index in [9.17, 15) is 10.1 Å². The lowest BCUT2D eigenvalue weighted by Gasteiger charge is -2.39. The van der Waals surface area contributed by atoms with Crippen molar-refractivity contribution >= 4 is 23.4 Å². The monoisotopic (exact) mass is 399 g/mol. The Morgan fingerprint density at radius 3 is 2.40 bits per heavy atom. The van der Waals surface area contributed by atoms with Gasteiger partial charge in [-0.3, -0.25) is 10.1 Å². The van der Waals surface area contributed by atoms with Gasteiger partial charge in [-0.1, -0.05) is 54.6 Å². The smallest absolute Gasteiger partial charge is 0.311 e. The van der Waals surface area contributed by atoms with E-state index in [0.29, 0.717) is 17.1 Å². The SMILES string of the molecule is COc1cccc2c1OC1(C=Cc3cccc([N+](=O)[O-])c3O1)C(c1ccccc1)=C2. The quantitative estimate of drug-likeness (QED) is 0.439. The Morgan fingerprint density at radius 1 is 0.900 bits per heavy atom. The molecule has 0 bridgehead atoms. The highest BCUT2D eigenvalue weighted by Crippen LogP contribution is 2.50. The number of hydrogen-bond acceptors (Lipinski definition) is 5. The molecule has 3 aromatic carbocycles. The largest absolute Gasteiger partial charge is 0.493 e. The maximum Gasteiger partial charge on any atom is 0.311 e. The number of para-hydroxylation sites is 2. The summed E-state index contributed by atoms with van der Waals surface area (Å²) in [6.07, 6.45) is 5.55. The summed E-state index contributed by atoms with van der Waals surface area (Å²) in [5, 5.41) is 11.6. The van der Waals surface area contributed by atoms with Crippen LogP contribution in [-0.2, 0) is 0 Å². The van der Waals surface area contributed by atoms with Crippen LogP contribution in [0.15, 0.2) is 72.8 Å². The number of ether oxygens (including phenoxy) is 3. The number of nitro benzene ring substituents is 1. The highest BCUT2D eigenvalue weighted by Gasteiger charge is 2.45. The molecule has 6 heteroatoms. The Bertz CT molecular complexity index is 1220. The Labute approximate surface area is 172 Å².